The summed E-state index contributed by atoms with van der Waals surface area (Å²) >= 11 is 0. The molecule has 0 aliphatic rings. The maximum Gasteiger partial charge on any atom is 0.344 e. The van der Waals surface area contributed by atoms with E-state index in [1.165, 1.54) is 0 Å². The average molecular weight is 383 g/mol. The number of esters is 2. The molecule has 0 heterocycles. The molecule has 6 nitrogen and oxygen atoms in total. The van der Waals surface area contributed by atoms with E-state index < -0.39 is 36.1 Å². The smallest absolute Gasteiger partial charge is 0.344 e. The fraction of sp³-hybridized carbons (Fsp3) is 0.318. The number of carbonyl (C=O) groups is 3. The molecule has 28 heavy (non-hydrogen) atoms. The molecule has 0 aliphatic heterocycles. The van der Waals surface area contributed by atoms with Crippen molar-refractivity contribution in [3.05, 3.63) is 71.8 Å². The maximum atomic E-state index is 12.5. The van der Waals surface area contributed by atoms with Gasteiger partial charge in [0.1, 0.15) is 11.6 Å². The number of carbonyl (C=O) groups excluding carboxylic acids is 3. The second kappa shape index (κ2) is 9.69. The summed E-state index contributed by atoms with van der Waals surface area (Å²) in [4.78, 5) is 36.8. The molecule has 1 amide bonds. The van der Waals surface area contributed by atoms with E-state index in [4.69, 9.17) is 9.47 Å². The van der Waals surface area contributed by atoms with E-state index in [9.17, 15) is 14.4 Å². The molecule has 148 valence electrons. The van der Waals surface area contributed by atoms with Crippen LogP contribution in [-0.4, -0.2) is 36.1 Å². The van der Waals surface area contributed by atoms with Crippen molar-refractivity contribution in [3.63, 3.8) is 0 Å². The van der Waals surface area contributed by atoms with Crippen molar-refractivity contribution in [2.45, 2.75) is 38.8 Å². The molecule has 0 aromatic heterocycles. The zero-order chi connectivity index (χ0) is 20.6. The molecule has 0 radical (unpaired) electrons. The molecule has 2 aromatic carbocycles. The van der Waals surface area contributed by atoms with Gasteiger partial charge in [-0.2, -0.15) is 0 Å². The Kier molecular flexibility index (Phi) is 7.32. The third-order valence-corrected chi connectivity index (χ3v) is 3.66. The Morgan fingerprint density at radius 1 is 0.929 bits per heavy atom. The molecule has 0 saturated heterocycles. The van der Waals surface area contributed by atoms with Gasteiger partial charge in [-0.05, 0) is 38.5 Å². The normalized spacial score (nSPS) is 12.0. The number of hydrogen-bond donors (Lipinski definition) is 1. The Labute approximate surface area is 164 Å². The highest BCUT2D eigenvalue weighted by molar-refractivity contribution is 5.97. The van der Waals surface area contributed by atoms with Crippen LogP contribution in [0.15, 0.2) is 60.7 Å². The fourth-order valence-electron chi connectivity index (χ4n) is 2.48. The second-order valence-corrected chi connectivity index (χ2v) is 7.28. The first-order valence-corrected chi connectivity index (χ1v) is 9.03. The lowest BCUT2D eigenvalue weighted by molar-refractivity contribution is -0.167. The molecule has 0 bridgehead atoms. The molecular weight excluding hydrogens is 358 g/mol. The Morgan fingerprint density at radius 3 is 2.07 bits per heavy atom. The van der Waals surface area contributed by atoms with Crippen LogP contribution in [0.3, 0.4) is 0 Å². The Morgan fingerprint density at radius 2 is 1.50 bits per heavy atom. The van der Waals surface area contributed by atoms with Crippen LogP contribution in [0.4, 0.5) is 0 Å². The lowest BCUT2D eigenvalue weighted by Crippen LogP contribution is -2.44. The van der Waals surface area contributed by atoms with E-state index in [1.54, 1.807) is 51.1 Å². The van der Waals surface area contributed by atoms with E-state index in [0.717, 1.165) is 5.56 Å². The van der Waals surface area contributed by atoms with Crippen molar-refractivity contribution >= 4 is 17.8 Å². The first-order chi connectivity index (χ1) is 13.2. The standard InChI is InChI=1S/C22H25NO5/c1-22(2,3)28-19(24)15-27-21(26)18(14-16-10-6-4-7-11-16)23-20(25)17-12-8-5-9-13-17/h4-13,18H,14-15H2,1-3H3,(H,23,25). The van der Waals surface area contributed by atoms with Gasteiger partial charge in [-0.3, -0.25) is 4.79 Å². The average Bonchev–Trinajstić information content (AvgIpc) is 2.65. The van der Waals surface area contributed by atoms with Gasteiger partial charge >= 0.3 is 11.9 Å². The number of benzene rings is 2. The van der Waals surface area contributed by atoms with Crippen LogP contribution in [0.2, 0.25) is 0 Å². The lowest BCUT2D eigenvalue weighted by atomic mass is 10.1. The Bertz CT molecular complexity index is 797. The summed E-state index contributed by atoms with van der Waals surface area (Å²) in [7, 11) is 0. The summed E-state index contributed by atoms with van der Waals surface area (Å²) in [5.74, 6) is -1.73. The molecule has 0 spiro atoms. The van der Waals surface area contributed by atoms with Gasteiger partial charge in [0.25, 0.3) is 5.91 Å². The van der Waals surface area contributed by atoms with Gasteiger partial charge in [-0.1, -0.05) is 48.5 Å². The van der Waals surface area contributed by atoms with Crippen molar-refractivity contribution in [2.75, 3.05) is 6.61 Å². The van der Waals surface area contributed by atoms with Gasteiger partial charge in [0.05, 0.1) is 0 Å². The summed E-state index contributed by atoms with van der Waals surface area (Å²) in [6, 6.07) is 16.9. The first-order valence-electron chi connectivity index (χ1n) is 9.03. The number of nitrogens with one attached hydrogen (secondary N) is 1. The van der Waals surface area contributed by atoms with Crippen LogP contribution < -0.4 is 5.32 Å². The molecule has 2 rings (SSSR count). The first kappa shape index (κ1) is 21.2. The zero-order valence-corrected chi connectivity index (χ0v) is 16.3. The maximum absolute atomic E-state index is 12.5. The van der Waals surface area contributed by atoms with E-state index in [0.29, 0.717) is 5.56 Å². The highest BCUT2D eigenvalue weighted by Gasteiger charge is 2.25. The number of amides is 1. The second-order valence-electron chi connectivity index (χ2n) is 7.28. The van der Waals surface area contributed by atoms with Crippen molar-refractivity contribution in [2.24, 2.45) is 0 Å². The van der Waals surface area contributed by atoms with Gasteiger partial charge in [-0.25, -0.2) is 9.59 Å². The highest BCUT2D eigenvalue weighted by atomic mass is 16.6. The third kappa shape index (κ3) is 7.23. The fourth-order valence-corrected chi connectivity index (χ4v) is 2.48. The summed E-state index contributed by atoms with van der Waals surface area (Å²) in [6.45, 7) is 4.67. The van der Waals surface area contributed by atoms with Gasteiger partial charge < -0.3 is 14.8 Å². The minimum atomic E-state index is -0.933. The van der Waals surface area contributed by atoms with Crippen LogP contribution in [0, 0.1) is 0 Å². The summed E-state index contributed by atoms with van der Waals surface area (Å²) in [6.07, 6.45) is 0.243. The van der Waals surface area contributed by atoms with Gasteiger partial charge in [0, 0.05) is 12.0 Å². The summed E-state index contributed by atoms with van der Waals surface area (Å²) < 4.78 is 10.2. The summed E-state index contributed by atoms with van der Waals surface area (Å²) in [5, 5.41) is 2.69. The summed E-state index contributed by atoms with van der Waals surface area (Å²) in [5.41, 5.74) is 0.615. The quantitative estimate of drug-likeness (QED) is 0.744. The molecule has 1 atom stereocenters. The van der Waals surface area contributed by atoms with Crippen molar-refractivity contribution in [1.29, 1.82) is 0 Å². The van der Waals surface area contributed by atoms with Crippen LogP contribution in [0.25, 0.3) is 0 Å². The molecule has 0 fully saturated rings. The molecule has 1 unspecified atom stereocenters. The number of ether oxygens (including phenoxy) is 2. The molecule has 1 N–H and O–H groups in total. The topological polar surface area (TPSA) is 81.7 Å². The minimum absolute atomic E-state index is 0.243. The van der Waals surface area contributed by atoms with Crippen molar-refractivity contribution < 1.29 is 23.9 Å². The van der Waals surface area contributed by atoms with E-state index in [-0.39, 0.29) is 6.42 Å². The SMILES string of the molecule is CC(C)(C)OC(=O)COC(=O)C(Cc1ccccc1)NC(=O)c1ccccc1. The van der Waals surface area contributed by atoms with E-state index in [1.807, 2.05) is 30.3 Å². The predicted octanol–water partition coefficient (Wildman–Crippen LogP) is 2.91. The zero-order valence-electron chi connectivity index (χ0n) is 16.3. The molecule has 0 aliphatic carbocycles. The molecule has 2 aromatic rings. The Balaban J connectivity index is 2.05. The van der Waals surface area contributed by atoms with Crippen LogP contribution >= 0.6 is 0 Å². The van der Waals surface area contributed by atoms with E-state index in [2.05, 4.69) is 5.32 Å². The van der Waals surface area contributed by atoms with Gasteiger partial charge in [-0.15, -0.1) is 0 Å². The largest absolute Gasteiger partial charge is 0.457 e. The highest BCUT2D eigenvalue weighted by Crippen LogP contribution is 2.09. The van der Waals surface area contributed by atoms with Gasteiger partial charge in [0.15, 0.2) is 6.61 Å². The van der Waals surface area contributed by atoms with Crippen molar-refractivity contribution in [3.8, 4) is 0 Å². The van der Waals surface area contributed by atoms with E-state index >= 15 is 0 Å². The molecular formula is C22H25NO5. The monoisotopic (exact) mass is 383 g/mol. The Hall–Kier alpha value is -3.15. The number of rotatable bonds is 7. The van der Waals surface area contributed by atoms with Crippen LogP contribution in [0.1, 0.15) is 36.7 Å². The third-order valence-electron chi connectivity index (χ3n) is 3.66. The lowest BCUT2D eigenvalue weighted by Gasteiger charge is -2.21. The predicted molar refractivity (Wildman–Crippen MR) is 105 cm³/mol. The van der Waals surface area contributed by atoms with Crippen LogP contribution in [-0.2, 0) is 25.5 Å². The molecule has 0 saturated carbocycles. The minimum Gasteiger partial charge on any atom is -0.457 e. The number of hydrogen-bond acceptors (Lipinski definition) is 5. The van der Waals surface area contributed by atoms with Gasteiger partial charge in [0.2, 0.25) is 0 Å². The van der Waals surface area contributed by atoms with Crippen molar-refractivity contribution in [1.82, 2.24) is 5.32 Å². The molecule has 6 heteroatoms. The van der Waals surface area contributed by atoms with Crippen LogP contribution in [0.5, 0.6) is 0 Å².